The summed E-state index contributed by atoms with van der Waals surface area (Å²) in [4.78, 5) is 14.7. The van der Waals surface area contributed by atoms with Gasteiger partial charge < -0.3 is 10.1 Å². The number of hydrogen-bond donors (Lipinski definition) is 1. The summed E-state index contributed by atoms with van der Waals surface area (Å²) >= 11 is 0. The highest BCUT2D eigenvalue weighted by molar-refractivity contribution is 5.95. The van der Waals surface area contributed by atoms with E-state index in [1.807, 2.05) is 53.8 Å². The van der Waals surface area contributed by atoms with Crippen molar-refractivity contribution in [2.45, 2.75) is 47.2 Å². The van der Waals surface area contributed by atoms with Gasteiger partial charge in [-0.05, 0) is 75.5 Å². The number of methoxy groups -OCH3 is 1. The Hall–Kier alpha value is -2.33. The van der Waals surface area contributed by atoms with Crippen molar-refractivity contribution >= 4 is 11.6 Å². The fourth-order valence-corrected chi connectivity index (χ4v) is 3.19. The van der Waals surface area contributed by atoms with Crippen LogP contribution in [0.15, 0.2) is 30.3 Å². The highest BCUT2D eigenvalue weighted by Crippen LogP contribution is 2.25. The maximum atomic E-state index is 12.7. The van der Waals surface area contributed by atoms with Crippen LogP contribution in [0.4, 0.5) is 5.69 Å². The van der Waals surface area contributed by atoms with Gasteiger partial charge in [-0.15, -0.1) is 0 Å². The van der Waals surface area contributed by atoms with E-state index in [0.29, 0.717) is 6.54 Å². The van der Waals surface area contributed by atoms with E-state index in [0.717, 1.165) is 33.7 Å². The zero-order chi connectivity index (χ0) is 19.4. The number of likely N-dealkylation sites (N-methyl/N-ethyl adjacent to an activating group) is 1. The number of carbonyl (C=O) groups excluding carboxylic acids is 1. The first-order valence-electron chi connectivity index (χ1n) is 8.95. The number of hydrogen-bond acceptors (Lipinski definition) is 3. The monoisotopic (exact) mass is 354 g/mol. The average molecular weight is 354 g/mol. The number of amides is 1. The molecule has 0 aromatic heterocycles. The van der Waals surface area contributed by atoms with Gasteiger partial charge in [0.2, 0.25) is 5.91 Å². The van der Waals surface area contributed by atoms with Gasteiger partial charge in [-0.1, -0.05) is 24.3 Å². The Kier molecular flexibility index (Phi) is 6.43. The molecular formula is C22H30N2O2. The normalized spacial score (nSPS) is 12.2. The molecule has 0 radical (unpaired) electrons. The van der Waals surface area contributed by atoms with Gasteiger partial charge in [0.25, 0.3) is 0 Å². The summed E-state index contributed by atoms with van der Waals surface area (Å²) in [5, 5.41) is 3.06. The quantitative estimate of drug-likeness (QED) is 0.836. The SMILES string of the molecule is COc1c(C)cc(CN(C)C(C)C(=O)Nc2cc(C)ccc2C)cc1C. The maximum absolute atomic E-state index is 12.7. The molecule has 1 N–H and O–H groups in total. The van der Waals surface area contributed by atoms with Gasteiger partial charge in [-0.3, -0.25) is 9.69 Å². The molecule has 4 heteroatoms. The molecule has 2 aromatic carbocycles. The summed E-state index contributed by atoms with van der Waals surface area (Å²) in [6.07, 6.45) is 0. The topological polar surface area (TPSA) is 41.6 Å². The van der Waals surface area contributed by atoms with Crippen LogP contribution in [0.5, 0.6) is 5.75 Å². The molecule has 0 aliphatic rings. The van der Waals surface area contributed by atoms with Crippen LogP contribution in [0.2, 0.25) is 0 Å². The number of carbonyl (C=O) groups is 1. The van der Waals surface area contributed by atoms with Crippen LogP contribution in [0.25, 0.3) is 0 Å². The predicted molar refractivity (Wildman–Crippen MR) is 108 cm³/mol. The summed E-state index contributed by atoms with van der Waals surface area (Å²) in [5.74, 6) is 0.931. The summed E-state index contributed by atoms with van der Waals surface area (Å²) in [5.41, 5.74) is 6.49. The van der Waals surface area contributed by atoms with E-state index in [-0.39, 0.29) is 11.9 Å². The highest BCUT2D eigenvalue weighted by atomic mass is 16.5. The first kappa shape index (κ1) is 20.0. The highest BCUT2D eigenvalue weighted by Gasteiger charge is 2.19. The molecule has 0 heterocycles. The third-order valence-corrected chi connectivity index (χ3v) is 4.85. The third-order valence-electron chi connectivity index (χ3n) is 4.85. The molecule has 0 saturated heterocycles. The summed E-state index contributed by atoms with van der Waals surface area (Å²) in [6, 6.07) is 10.1. The molecule has 1 amide bonds. The molecule has 4 nitrogen and oxygen atoms in total. The summed E-state index contributed by atoms with van der Waals surface area (Å²) in [6.45, 7) is 10.8. The summed E-state index contributed by atoms with van der Waals surface area (Å²) in [7, 11) is 3.67. The molecule has 140 valence electrons. The molecule has 26 heavy (non-hydrogen) atoms. The zero-order valence-corrected chi connectivity index (χ0v) is 16.9. The number of nitrogens with one attached hydrogen (secondary N) is 1. The molecular weight excluding hydrogens is 324 g/mol. The van der Waals surface area contributed by atoms with Crippen molar-refractivity contribution in [1.82, 2.24) is 4.90 Å². The molecule has 1 atom stereocenters. The fourth-order valence-electron chi connectivity index (χ4n) is 3.19. The van der Waals surface area contributed by atoms with Gasteiger partial charge in [0.15, 0.2) is 0 Å². The molecule has 0 bridgehead atoms. The van der Waals surface area contributed by atoms with E-state index in [2.05, 4.69) is 28.4 Å². The molecule has 0 spiro atoms. The smallest absolute Gasteiger partial charge is 0.241 e. The molecule has 0 fully saturated rings. The minimum Gasteiger partial charge on any atom is -0.496 e. The lowest BCUT2D eigenvalue weighted by atomic mass is 10.0. The second-order valence-electron chi connectivity index (χ2n) is 7.16. The number of rotatable bonds is 6. The molecule has 2 rings (SSSR count). The molecule has 0 aliphatic carbocycles. The van der Waals surface area contributed by atoms with E-state index < -0.39 is 0 Å². The molecule has 2 aromatic rings. The molecule has 1 unspecified atom stereocenters. The number of nitrogens with zero attached hydrogens (tertiary/aromatic N) is 1. The lowest BCUT2D eigenvalue weighted by Crippen LogP contribution is -2.39. The van der Waals surface area contributed by atoms with Gasteiger partial charge in [0.1, 0.15) is 5.75 Å². The Labute approximate surface area is 157 Å². The van der Waals surface area contributed by atoms with Crippen molar-refractivity contribution in [3.8, 4) is 5.75 Å². The van der Waals surface area contributed by atoms with Crippen LogP contribution >= 0.6 is 0 Å². The number of anilines is 1. The van der Waals surface area contributed by atoms with Crippen LogP contribution in [0.1, 0.15) is 34.7 Å². The van der Waals surface area contributed by atoms with Crippen molar-refractivity contribution in [3.05, 3.63) is 58.1 Å². The van der Waals surface area contributed by atoms with Gasteiger partial charge in [0, 0.05) is 12.2 Å². The maximum Gasteiger partial charge on any atom is 0.241 e. The van der Waals surface area contributed by atoms with Gasteiger partial charge >= 0.3 is 0 Å². The lowest BCUT2D eigenvalue weighted by Gasteiger charge is -2.25. The molecule has 0 saturated carbocycles. The van der Waals surface area contributed by atoms with E-state index in [1.54, 1.807) is 7.11 Å². The Morgan fingerprint density at radius 2 is 1.69 bits per heavy atom. The van der Waals surface area contributed by atoms with Crippen LogP contribution < -0.4 is 10.1 Å². The van der Waals surface area contributed by atoms with E-state index in [9.17, 15) is 4.79 Å². The summed E-state index contributed by atoms with van der Waals surface area (Å²) < 4.78 is 5.43. The van der Waals surface area contributed by atoms with Crippen LogP contribution in [0.3, 0.4) is 0 Å². The largest absolute Gasteiger partial charge is 0.496 e. The first-order valence-corrected chi connectivity index (χ1v) is 8.95. The van der Waals surface area contributed by atoms with Gasteiger partial charge in [0.05, 0.1) is 13.2 Å². The minimum atomic E-state index is -0.238. The Morgan fingerprint density at radius 3 is 2.27 bits per heavy atom. The van der Waals surface area contributed by atoms with E-state index in [4.69, 9.17) is 4.74 Å². The van der Waals surface area contributed by atoms with Crippen molar-refractivity contribution in [1.29, 1.82) is 0 Å². The second kappa shape index (κ2) is 8.37. The first-order chi connectivity index (χ1) is 12.2. The van der Waals surface area contributed by atoms with Crippen molar-refractivity contribution in [2.75, 3.05) is 19.5 Å². The fraction of sp³-hybridized carbons (Fsp3) is 0.409. The van der Waals surface area contributed by atoms with E-state index >= 15 is 0 Å². The van der Waals surface area contributed by atoms with Crippen LogP contribution in [0, 0.1) is 27.7 Å². The third kappa shape index (κ3) is 4.64. The Balaban J connectivity index is 2.08. The number of aryl methyl sites for hydroxylation is 4. The number of ether oxygens (including phenoxy) is 1. The Bertz CT molecular complexity index is 776. The predicted octanol–water partition coefficient (Wildman–Crippen LogP) is 4.39. The lowest BCUT2D eigenvalue weighted by molar-refractivity contribution is -0.120. The van der Waals surface area contributed by atoms with Crippen LogP contribution in [-0.4, -0.2) is 31.0 Å². The number of benzene rings is 2. The molecule has 0 aliphatic heterocycles. The Morgan fingerprint density at radius 1 is 1.08 bits per heavy atom. The van der Waals surface area contributed by atoms with Crippen molar-refractivity contribution in [3.63, 3.8) is 0 Å². The zero-order valence-electron chi connectivity index (χ0n) is 16.9. The standard InChI is InChI=1S/C22H30N2O2/c1-14-8-9-15(2)20(10-14)23-22(25)18(5)24(6)13-19-11-16(3)21(26-7)17(4)12-19/h8-12,18H,13H2,1-7H3,(H,23,25). The van der Waals surface area contributed by atoms with Gasteiger partial charge in [-0.2, -0.15) is 0 Å². The van der Waals surface area contributed by atoms with Crippen molar-refractivity contribution in [2.24, 2.45) is 0 Å². The minimum absolute atomic E-state index is 0.00292. The van der Waals surface area contributed by atoms with Gasteiger partial charge in [-0.25, -0.2) is 0 Å². The average Bonchev–Trinajstić information content (AvgIpc) is 2.57. The van der Waals surface area contributed by atoms with Crippen molar-refractivity contribution < 1.29 is 9.53 Å². The van der Waals surface area contributed by atoms with Crippen LogP contribution in [-0.2, 0) is 11.3 Å². The second-order valence-corrected chi connectivity index (χ2v) is 7.16. The van der Waals surface area contributed by atoms with E-state index in [1.165, 1.54) is 5.56 Å².